The molecule has 1 N–H and O–H groups in total. The van der Waals surface area contributed by atoms with Gasteiger partial charge >= 0.3 is 0 Å². The molecule has 2 aromatic heterocycles. The monoisotopic (exact) mass is 362 g/mol. The van der Waals surface area contributed by atoms with Crippen molar-refractivity contribution in [3.63, 3.8) is 0 Å². The number of carbonyl (C=O) groups excluding carboxylic acids is 1. The van der Waals surface area contributed by atoms with Crippen LogP contribution in [-0.2, 0) is 0 Å². The number of aromatic nitrogens is 3. The van der Waals surface area contributed by atoms with Crippen molar-refractivity contribution in [1.29, 1.82) is 0 Å². The first-order chi connectivity index (χ1) is 12.0. The van der Waals surface area contributed by atoms with Crippen LogP contribution >= 0.6 is 11.8 Å². The van der Waals surface area contributed by atoms with Gasteiger partial charge in [0, 0.05) is 24.9 Å². The molecule has 0 aliphatic heterocycles. The molecule has 7 nitrogen and oxygen atoms in total. The normalized spacial score (nSPS) is 10.9. The Balaban J connectivity index is 1.92. The van der Waals surface area contributed by atoms with Gasteiger partial charge in [0.1, 0.15) is 11.1 Å². The molecule has 3 aromatic rings. The van der Waals surface area contributed by atoms with Crippen LogP contribution < -0.4 is 10.1 Å². The van der Waals surface area contributed by atoms with Crippen molar-refractivity contribution in [3.05, 3.63) is 35.6 Å². The number of nitrogens with one attached hydrogen (secondary N) is 1. The van der Waals surface area contributed by atoms with E-state index in [0.29, 0.717) is 17.7 Å². The Bertz CT molecular complexity index is 945. The zero-order valence-electron chi connectivity index (χ0n) is 13.8. The van der Waals surface area contributed by atoms with Gasteiger partial charge in [-0.25, -0.2) is 14.4 Å². The second kappa shape index (κ2) is 7.06. The summed E-state index contributed by atoms with van der Waals surface area (Å²) in [6.07, 6.45) is 3.20. The molecule has 0 unspecified atom stereocenters. The van der Waals surface area contributed by atoms with Crippen molar-refractivity contribution in [2.45, 2.75) is 19.0 Å². The second-order valence-electron chi connectivity index (χ2n) is 5.00. The van der Waals surface area contributed by atoms with Gasteiger partial charge in [0.05, 0.1) is 6.61 Å². The molecule has 0 aliphatic rings. The van der Waals surface area contributed by atoms with Crippen molar-refractivity contribution in [3.8, 4) is 5.88 Å². The van der Waals surface area contributed by atoms with Crippen LogP contribution in [0.3, 0.4) is 0 Å². The van der Waals surface area contributed by atoms with Crippen LogP contribution in [0.5, 0.6) is 5.88 Å². The number of fused-ring (bicyclic) bond motifs is 1. The van der Waals surface area contributed by atoms with Gasteiger partial charge in [0.15, 0.2) is 22.4 Å². The number of amides is 1. The summed E-state index contributed by atoms with van der Waals surface area (Å²) >= 11 is 1.34. The van der Waals surface area contributed by atoms with E-state index in [9.17, 15) is 9.18 Å². The number of hydrogen-bond acceptors (Lipinski definition) is 7. The van der Waals surface area contributed by atoms with E-state index in [2.05, 4.69) is 20.3 Å². The third-order valence-electron chi connectivity index (χ3n) is 3.25. The lowest BCUT2D eigenvalue weighted by molar-refractivity contribution is 0.102. The van der Waals surface area contributed by atoms with E-state index in [0.717, 1.165) is 0 Å². The zero-order chi connectivity index (χ0) is 18.0. The van der Waals surface area contributed by atoms with E-state index in [1.54, 1.807) is 13.8 Å². The summed E-state index contributed by atoms with van der Waals surface area (Å²) in [6, 6.07) is 2.69. The lowest BCUT2D eigenvalue weighted by atomic mass is 10.2. The molecular weight excluding hydrogens is 347 g/mol. The Morgan fingerprint density at radius 1 is 1.40 bits per heavy atom. The van der Waals surface area contributed by atoms with Crippen LogP contribution in [0.2, 0.25) is 0 Å². The summed E-state index contributed by atoms with van der Waals surface area (Å²) in [6.45, 7) is 3.76. The quantitative estimate of drug-likeness (QED) is 0.549. The average Bonchev–Trinajstić information content (AvgIpc) is 2.96. The van der Waals surface area contributed by atoms with Gasteiger partial charge in [0.25, 0.3) is 5.91 Å². The fourth-order valence-electron chi connectivity index (χ4n) is 2.22. The number of rotatable bonds is 5. The number of oxazole rings is 1. The SMILES string of the molecule is CCOc1nc(SC)ncc1C(=O)Nc1cc(F)c2nc(C)oc2c1. The predicted molar refractivity (Wildman–Crippen MR) is 91.6 cm³/mol. The van der Waals surface area contributed by atoms with E-state index < -0.39 is 11.7 Å². The molecule has 9 heteroatoms. The van der Waals surface area contributed by atoms with Gasteiger partial charge in [-0.3, -0.25) is 4.79 Å². The maximum atomic E-state index is 14.1. The maximum Gasteiger partial charge on any atom is 0.262 e. The highest BCUT2D eigenvalue weighted by molar-refractivity contribution is 7.98. The van der Waals surface area contributed by atoms with Crippen LogP contribution in [0.25, 0.3) is 11.1 Å². The minimum atomic E-state index is -0.580. The van der Waals surface area contributed by atoms with Crippen molar-refractivity contribution >= 4 is 34.5 Å². The molecule has 25 heavy (non-hydrogen) atoms. The molecule has 2 heterocycles. The van der Waals surface area contributed by atoms with Crippen molar-refractivity contribution in [2.24, 2.45) is 0 Å². The van der Waals surface area contributed by atoms with Gasteiger partial charge in [0.2, 0.25) is 5.88 Å². The Kier molecular flexibility index (Phi) is 4.84. The zero-order valence-corrected chi connectivity index (χ0v) is 14.6. The number of halogens is 1. The molecular formula is C16H15FN4O3S. The number of thioether (sulfide) groups is 1. The summed E-state index contributed by atoms with van der Waals surface area (Å²) in [5, 5.41) is 3.09. The number of ether oxygens (including phenoxy) is 1. The van der Waals surface area contributed by atoms with Gasteiger partial charge in [-0.2, -0.15) is 4.98 Å². The molecule has 3 rings (SSSR count). The number of hydrogen-bond donors (Lipinski definition) is 1. The summed E-state index contributed by atoms with van der Waals surface area (Å²) < 4.78 is 24.8. The van der Waals surface area contributed by atoms with Gasteiger partial charge in [-0.1, -0.05) is 11.8 Å². The Morgan fingerprint density at radius 2 is 2.20 bits per heavy atom. The summed E-state index contributed by atoms with van der Waals surface area (Å²) in [7, 11) is 0. The molecule has 130 valence electrons. The number of carbonyl (C=O) groups is 1. The van der Waals surface area contributed by atoms with E-state index in [1.807, 2.05) is 6.26 Å². The first-order valence-corrected chi connectivity index (χ1v) is 8.66. The van der Waals surface area contributed by atoms with Crippen LogP contribution in [-0.4, -0.2) is 33.7 Å². The molecule has 0 spiro atoms. The first kappa shape index (κ1) is 17.2. The van der Waals surface area contributed by atoms with Gasteiger partial charge in [-0.15, -0.1) is 0 Å². The van der Waals surface area contributed by atoms with E-state index in [4.69, 9.17) is 9.15 Å². The standard InChI is InChI=1S/C16H15FN4O3S/c1-4-23-15-10(7-18-16(21-15)25-3)14(22)20-9-5-11(17)13-12(6-9)24-8(2)19-13/h5-7H,4H2,1-3H3,(H,20,22). The minimum Gasteiger partial charge on any atom is -0.477 e. The highest BCUT2D eigenvalue weighted by Gasteiger charge is 2.18. The van der Waals surface area contributed by atoms with Crippen LogP contribution in [0.15, 0.2) is 27.9 Å². The minimum absolute atomic E-state index is 0.123. The first-order valence-electron chi connectivity index (χ1n) is 7.43. The number of aryl methyl sites for hydroxylation is 1. The van der Waals surface area contributed by atoms with E-state index in [-0.39, 0.29) is 28.2 Å². The molecule has 0 saturated carbocycles. The van der Waals surface area contributed by atoms with Gasteiger partial charge < -0.3 is 14.5 Å². The molecule has 1 amide bonds. The van der Waals surface area contributed by atoms with Crippen molar-refractivity contribution < 1.29 is 18.3 Å². The average molecular weight is 362 g/mol. The summed E-state index contributed by atoms with van der Waals surface area (Å²) in [5.41, 5.74) is 0.779. The van der Waals surface area contributed by atoms with Crippen LogP contribution in [0, 0.1) is 12.7 Å². The summed E-state index contributed by atoms with van der Waals surface area (Å²) in [4.78, 5) is 24.7. The van der Waals surface area contributed by atoms with E-state index >= 15 is 0 Å². The molecule has 0 atom stereocenters. The second-order valence-corrected chi connectivity index (χ2v) is 5.77. The molecule has 1 aromatic carbocycles. The third kappa shape index (κ3) is 3.55. The Labute approximate surface area is 147 Å². The highest BCUT2D eigenvalue weighted by Crippen LogP contribution is 2.25. The highest BCUT2D eigenvalue weighted by atomic mass is 32.2. The number of anilines is 1. The third-order valence-corrected chi connectivity index (χ3v) is 3.82. The number of nitrogens with zero attached hydrogens (tertiary/aromatic N) is 3. The largest absolute Gasteiger partial charge is 0.477 e. The maximum absolute atomic E-state index is 14.1. The molecule has 0 saturated heterocycles. The Hall–Kier alpha value is -2.68. The van der Waals surface area contributed by atoms with Crippen molar-refractivity contribution in [1.82, 2.24) is 15.0 Å². The Morgan fingerprint density at radius 3 is 2.92 bits per heavy atom. The van der Waals surface area contributed by atoms with E-state index in [1.165, 1.54) is 30.1 Å². The lowest BCUT2D eigenvalue weighted by Gasteiger charge is -2.10. The predicted octanol–water partition coefficient (Wildman–Crippen LogP) is 3.44. The van der Waals surface area contributed by atoms with Crippen LogP contribution in [0.1, 0.15) is 23.2 Å². The van der Waals surface area contributed by atoms with Gasteiger partial charge in [-0.05, 0) is 19.2 Å². The smallest absolute Gasteiger partial charge is 0.262 e. The molecule has 0 radical (unpaired) electrons. The fraction of sp³-hybridized carbons (Fsp3) is 0.250. The summed E-state index contributed by atoms with van der Waals surface area (Å²) in [5.74, 6) is -0.566. The molecule has 0 fully saturated rings. The fourth-order valence-corrected chi connectivity index (χ4v) is 2.55. The molecule has 0 bridgehead atoms. The van der Waals surface area contributed by atoms with Crippen molar-refractivity contribution in [2.75, 3.05) is 18.2 Å². The topological polar surface area (TPSA) is 90.1 Å². The molecule has 0 aliphatic carbocycles. The number of benzene rings is 1. The lowest BCUT2D eigenvalue weighted by Crippen LogP contribution is -2.15. The van der Waals surface area contributed by atoms with Crippen LogP contribution in [0.4, 0.5) is 10.1 Å².